The Morgan fingerprint density at radius 1 is 1.15 bits per heavy atom. The van der Waals surface area contributed by atoms with Gasteiger partial charge in [-0.3, -0.25) is 4.98 Å². The van der Waals surface area contributed by atoms with E-state index in [1.54, 1.807) is 12.4 Å². The first kappa shape index (κ1) is 8.16. The van der Waals surface area contributed by atoms with Crippen molar-refractivity contribution < 1.29 is 0 Å². The van der Waals surface area contributed by atoms with E-state index < -0.39 is 6.17 Å². The summed E-state index contributed by atoms with van der Waals surface area (Å²) in [6.45, 7) is 0. The average molecular weight is 173 g/mol. The minimum atomic E-state index is -0.437. The molecule has 0 bridgehead atoms. The average Bonchev–Trinajstić information content (AvgIpc) is 2.17. The molecule has 3 heteroatoms. The van der Waals surface area contributed by atoms with Gasteiger partial charge in [0, 0.05) is 17.8 Å². The fraction of sp³-hybridized carbons (Fsp3) is 0.100. The molecule has 0 aliphatic rings. The van der Waals surface area contributed by atoms with Crippen LogP contribution in [0, 0.1) is 0 Å². The Hall–Kier alpha value is -1.45. The molecule has 0 saturated carbocycles. The predicted molar refractivity (Wildman–Crippen MR) is 52.9 cm³/mol. The minimum absolute atomic E-state index is 0.437. The van der Waals surface area contributed by atoms with Gasteiger partial charge in [0.25, 0.3) is 0 Å². The van der Waals surface area contributed by atoms with E-state index in [0.29, 0.717) is 0 Å². The van der Waals surface area contributed by atoms with Gasteiger partial charge in [0.1, 0.15) is 0 Å². The molecule has 0 spiro atoms. The normalized spacial score (nSPS) is 11.0. The van der Waals surface area contributed by atoms with E-state index in [0.717, 1.165) is 16.3 Å². The quantitative estimate of drug-likeness (QED) is 0.636. The highest BCUT2D eigenvalue weighted by Gasteiger charge is 2.03. The van der Waals surface area contributed by atoms with Gasteiger partial charge in [-0.2, -0.15) is 0 Å². The number of nitrogens with zero attached hydrogens (tertiary/aromatic N) is 1. The zero-order valence-corrected chi connectivity index (χ0v) is 7.14. The van der Waals surface area contributed by atoms with Crippen LogP contribution in [-0.4, -0.2) is 4.98 Å². The highest BCUT2D eigenvalue weighted by atomic mass is 14.8. The standard InChI is InChI=1S/C10H11N3/c11-10(12)8-3-1-2-7-4-5-13-6-9(7)8/h1-6,10H,11-12H2. The second kappa shape index (κ2) is 3.12. The zero-order chi connectivity index (χ0) is 9.26. The Morgan fingerprint density at radius 3 is 2.77 bits per heavy atom. The third-order valence-corrected chi connectivity index (χ3v) is 2.08. The molecule has 1 aromatic carbocycles. The largest absolute Gasteiger partial charge is 0.312 e. The molecule has 0 saturated heterocycles. The molecule has 2 rings (SSSR count). The van der Waals surface area contributed by atoms with E-state index in [2.05, 4.69) is 4.98 Å². The van der Waals surface area contributed by atoms with Crippen molar-refractivity contribution in [2.24, 2.45) is 11.5 Å². The highest BCUT2D eigenvalue weighted by Crippen LogP contribution is 2.19. The van der Waals surface area contributed by atoms with Crippen molar-refractivity contribution in [1.29, 1.82) is 0 Å². The molecule has 0 aliphatic heterocycles. The number of pyridine rings is 1. The third-order valence-electron chi connectivity index (χ3n) is 2.08. The van der Waals surface area contributed by atoms with Crippen LogP contribution in [0.15, 0.2) is 36.7 Å². The van der Waals surface area contributed by atoms with Gasteiger partial charge in [-0.25, -0.2) is 0 Å². The molecule has 3 nitrogen and oxygen atoms in total. The van der Waals surface area contributed by atoms with Gasteiger partial charge in [0.05, 0.1) is 6.17 Å². The summed E-state index contributed by atoms with van der Waals surface area (Å²) in [7, 11) is 0. The molecule has 0 amide bonds. The van der Waals surface area contributed by atoms with E-state index >= 15 is 0 Å². The van der Waals surface area contributed by atoms with Gasteiger partial charge < -0.3 is 11.5 Å². The minimum Gasteiger partial charge on any atom is -0.312 e. The van der Waals surface area contributed by atoms with Crippen LogP contribution in [0.3, 0.4) is 0 Å². The lowest BCUT2D eigenvalue weighted by atomic mass is 10.1. The Bertz CT molecular complexity index is 418. The SMILES string of the molecule is NC(N)c1cccc2ccncc12. The Balaban J connectivity index is 2.76. The molecule has 0 radical (unpaired) electrons. The van der Waals surface area contributed by atoms with Crippen molar-refractivity contribution in [3.8, 4) is 0 Å². The molecule has 0 unspecified atom stereocenters. The molecule has 0 atom stereocenters. The molecule has 0 aliphatic carbocycles. The van der Waals surface area contributed by atoms with E-state index in [1.807, 2.05) is 24.3 Å². The van der Waals surface area contributed by atoms with Crippen molar-refractivity contribution in [3.63, 3.8) is 0 Å². The lowest BCUT2D eigenvalue weighted by Gasteiger charge is -2.08. The van der Waals surface area contributed by atoms with Crippen LogP contribution in [0.25, 0.3) is 10.8 Å². The van der Waals surface area contributed by atoms with Crippen molar-refractivity contribution in [1.82, 2.24) is 4.98 Å². The number of hydrogen-bond acceptors (Lipinski definition) is 3. The van der Waals surface area contributed by atoms with Crippen molar-refractivity contribution in [2.75, 3.05) is 0 Å². The second-order valence-electron chi connectivity index (χ2n) is 2.97. The topological polar surface area (TPSA) is 64.9 Å². The van der Waals surface area contributed by atoms with Crippen molar-refractivity contribution in [2.45, 2.75) is 6.17 Å². The Kier molecular flexibility index (Phi) is 1.96. The Morgan fingerprint density at radius 2 is 2.00 bits per heavy atom. The van der Waals surface area contributed by atoms with Crippen LogP contribution in [0.1, 0.15) is 11.7 Å². The van der Waals surface area contributed by atoms with Crippen LogP contribution >= 0.6 is 0 Å². The molecule has 2 aromatic rings. The molecular weight excluding hydrogens is 162 g/mol. The third kappa shape index (κ3) is 1.39. The van der Waals surface area contributed by atoms with Gasteiger partial charge in [0.2, 0.25) is 0 Å². The fourth-order valence-corrected chi connectivity index (χ4v) is 1.43. The van der Waals surface area contributed by atoms with Crippen LogP contribution in [0.4, 0.5) is 0 Å². The van der Waals surface area contributed by atoms with Crippen LogP contribution < -0.4 is 11.5 Å². The number of benzene rings is 1. The van der Waals surface area contributed by atoms with Crippen molar-refractivity contribution in [3.05, 3.63) is 42.2 Å². The summed E-state index contributed by atoms with van der Waals surface area (Å²) in [5.74, 6) is 0. The maximum Gasteiger partial charge on any atom is 0.0791 e. The van der Waals surface area contributed by atoms with Crippen LogP contribution in [0.5, 0.6) is 0 Å². The molecular formula is C10H11N3. The van der Waals surface area contributed by atoms with Gasteiger partial charge in [0.15, 0.2) is 0 Å². The Labute approximate surface area is 76.4 Å². The van der Waals surface area contributed by atoms with Crippen LogP contribution in [0.2, 0.25) is 0 Å². The van der Waals surface area contributed by atoms with Gasteiger partial charge in [-0.15, -0.1) is 0 Å². The summed E-state index contributed by atoms with van der Waals surface area (Å²) in [5, 5.41) is 2.15. The summed E-state index contributed by atoms with van der Waals surface area (Å²) >= 11 is 0. The van der Waals surface area contributed by atoms with E-state index in [1.165, 1.54) is 0 Å². The molecule has 0 fully saturated rings. The first-order chi connectivity index (χ1) is 6.29. The monoisotopic (exact) mass is 173 g/mol. The lowest BCUT2D eigenvalue weighted by molar-refractivity contribution is 0.781. The van der Waals surface area contributed by atoms with E-state index in [9.17, 15) is 0 Å². The second-order valence-corrected chi connectivity index (χ2v) is 2.97. The molecule has 1 aromatic heterocycles. The number of fused-ring (bicyclic) bond motifs is 1. The first-order valence-corrected chi connectivity index (χ1v) is 4.13. The van der Waals surface area contributed by atoms with Gasteiger partial charge in [-0.1, -0.05) is 18.2 Å². The maximum absolute atomic E-state index is 5.63. The number of hydrogen-bond donors (Lipinski definition) is 2. The predicted octanol–water partition coefficient (Wildman–Crippen LogP) is 1.15. The summed E-state index contributed by atoms with van der Waals surface area (Å²) < 4.78 is 0. The zero-order valence-electron chi connectivity index (χ0n) is 7.14. The molecule has 4 N–H and O–H groups in total. The van der Waals surface area contributed by atoms with Crippen molar-refractivity contribution >= 4 is 10.8 Å². The van der Waals surface area contributed by atoms with Gasteiger partial charge >= 0.3 is 0 Å². The molecule has 66 valence electrons. The smallest absolute Gasteiger partial charge is 0.0791 e. The van der Waals surface area contributed by atoms with Crippen LogP contribution in [-0.2, 0) is 0 Å². The number of rotatable bonds is 1. The summed E-state index contributed by atoms with van der Waals surface area (Å²) in [6, 6.07) is 7.84. The highest BCUT2D eigenvalue weighted by molar-refractivity contribution is 5.85. The fourth-order valence-electron chi connectivity index (χ4n) is 1.43. The lowest BCUT2D eigenvalue weighted by Crippen LogP contribution is -2.20. The molecule has 13 heavy (non-hydrogen) atoms. The van der Waals surface area contributed by atoms with Gasteiger partial charge in [-0.05, 0) is 17.0 Å². The number of nitrogens with two attached hydrogens (primary N) is 2. The summed E-state index contributed by atoms with van der Waals surface area (Å²) in [5.41, 5.74) is 12.2. The van der Waals surface area contributed by atoms with E-state index in [-0.39, 0.29) is 0 Å². The first-order valence-electron chi connectivity index (χ1n) is 4.13. The van der Waals surface area contributed by atoms with E-state index in [4.69, 9.17) is 11.5 Å². The summed E-state index contributed by atoms with van der Waals surface area (Å²) in [6.07, 6.45) is 3.11. The maximum atomic E-state index is 5.63. The molecule has 1 heterocycles. The number of aromatic nitrogens is 1. The summed E-state index contributed by atoms with van der Waals surface area (Å²) in [4.78, 5) is 4.04.